The van der Waals surface area contributed by atoms with Crippen LogP contribution in [0.5, 0.6) is 0 Å². The average molecular weight is 273 g/mol. The molecule has 6 nitrogen and oxygen atoms in total. The molecule has 1 N–H and O–H groups in total. The lowest BCUT2D eigenvalue weighted by molar-refractivity contribution is 0.441. The Morgan fingerprint density at radius 1 is 1.50 bits per heavy atom. The molecule has 2 aromatic heterocycles. The van der Waals surface area contributed by atoms with Crippen molar-refractivity contribution in [3.63, 3.8) is 0 Å². The Kier molecular flexibility index (Phi) is 3.80. The third-order valence-corrected chi connectivity index (χ3v) is 3.51. The van der Waals surface area contributed by atoms with Crippen LogP contribution in [0, 0.1) is 5.92 Å². The molecule has 0 aromatic carbocycles. The molecule has 0 spiro atoms. The van der Waals surface area contributed by atoms with Crippen LogP contribution in [0.1, 0.15) is 25.5 Å². The van der Waals surface area contributed by atoms with Crippen LogP contribution in [-0.2, 0) is 6.54 Å². The van der Waals surface area contributed by atoms with Crippen molar-refractivity contribution in [3.05, 3.63) is 30.4 Å². The van der Waals surface area contributed by atoms with Gasteiger partial charge >= 0.3 is 0 Å². The van der Waals surface area contributed by atoms with Crippen LogP contribution < -0.4 is 10.2 Å². The SMILES string of the molecule is CC1CCCN(c2nncc(NCc3ccco3)n2)C1. The highest BCUT2D eigenvalue weighted by atomic mass is 16.3. The Bertz CT molecular complexity index is 542. The zero-order chi connectivity index (χ0) is 13.8. The molecule has 0 bridgehead atoms. The molecule has 6 heteroatoms. The van der Waals surface area contributed by atoms with Crippen LogP contribution >= 0.6 is 0 Å². The molecule has 0 saturated carbocycles. The summed E-state index contributed by atoms with van der Waals surface area (Å²) in [5.74, 6) is 2.99. The van der Waals surface area contributed by atoms with Crippen molar-refractivity contribution in [2.75, 3.05) is 23.3 Å². The first-order valence-corrected chi connectivity index (χ1v) is 7.02. The lowest BCUT2D eigenvalue weighted by atomic mass is 10.0. The van der Waals surface area contributed by atoms with Gasteiger partial charge in [-0.25, -0.2) is 0 Å². The fourth-order valence-corrected chi connectivity index (χ4v) is 2.48. The minimum Gasteiger partial charge on any atom is -0.467 e. The molecule has 0 radical (unpaired) electrons. The van der Waals surface area contributed by atoms with E-state index < -0.39 is 0 Å². The maximum atomic E-state index is 5.28. The van der Waals surface area contributed by atoms with Gasteiger partial charge in [-0.2, -0.15) is 10.1 Å². The fourth-order valence-electron chi connectivity index (χ4n) is 2.48. The Balaban J connectivity index is 1.66. The summed E-state index contributed by atoms with van der Waals surface area (Å²) in [4.78, 5) is 6.74. The zero-order valence-corrected chi connectivity index (χ0v) is 11.6. The highest BCUT2D eigenvalue weighted by molar-refractivity contribution is 5.39. The monoisotopic (exact) mass is 273 g/mol. The number of rotatable bonds is 4. The summed E-state index contributed by atoms with van der Waals surface area (Å²) in [5, 5.41) is 11.4. The summed E-state index contributed by atoms with van der Waals surface area (Å²) in [6.45, 7) is 4.87. The van der Waals surface area contributed by atoms with Crippen LogP contribution in [0.15, 0.2) is 29.0 Å². The lowest BCUT2D eigenvalue weighted by Gasteiger charge is -2.30. The summed E-state index contributed by atoms with van der Waals surface area (Å²) >= 11 is 0. The summed E-state index contributed by atoms with van der Waals surface area (Å²) in [7, 11) is 0. The van der Waals surface area contributed by atoms with Crippen molar-refractivity contribution in [2.45, 2.75) is 26.3 Å². The first kappa shape index (κ1) is 12.9. The molecule has 3 heterocycles. The first-order valence-electron chi connectivity index (χ1n) is 7.02. The van der Waals surface area contributed by atoms with Crippen molar-refractivity contribution in [1.29, 1.82) is 0 Å². The normalized spacial score (nSPS) is 19.1. The van der Waals surface area contributed by atoms with Gasteiger partial charge in [-0.3, -0.25) is 0 Å². The van der Waals surface area contributed by atoms with E-state index in [0.29, 0.717) is 18.4 Å². The predicted molar refractivity (Wildman–Crippen MR) is 76.5 cm³/mol. The van der Waals surface area contributed by atoms with E-state index in [9.17, 15) is 0 Å². The van der Waals surface area contributed by atoms with Gasteiger partial charge in [0.25, 0.3) is 0 Å². The van der Waals surface area contributed by atoms with E-state index in [-0.39, 0.29) is 0 Å². The highest BCUT2D eigenvalue weighted by Crippen LogP contribution is 2.20. The van der Waals surface area contributed by atoms with Gasteiger partial charge in [0.2, 0.25) is 5.95 Å². The van der Waals surface area contributed by atoms with Crippen molar-refractivity contribution in [1.82, 2.24) is 15.2 Å². The summed E-state index contributed by atoms with van der Waals surface area (Å²) in [5.41, 5.74) is 0. The van der Waals surface area contributed by atoms with E-state index in [1.165, 1.54) is 12.8 Å². The van der Waals surface area contributed by atoms with E-state index >= 15 is 0 Å². The fraction of sp³-hybridized carbons (Fsp3) is 0.500. The van der Waals surface area contributed by atoms with Crippen LogP contribution in [0.25, 0.3) is 0 Å². The minimum atomic E-state index is 0.599. The Labute approximate surface area is 118 Å². The lowest BCUT2D eigenvalue weighted by Crippen LogP contribution is -2.35. The second-order valence-electron chi connectivity index (χ2n) is 5.27. The van der Waals surface area contributed by atoms with Crippen molar-refractivity contribution in [3.8, 4) is 0 Å². The summed E-state index contributed by atoms with van der Waals surface area (Å²) in [6.07, 6.45) is 5.77. The number of hydrogen-bond donors (Lipinski definition) is 1. The molecule has 106 valence electrons. The number of anilines is 2. The van der Waals surface area contributed by atoms with Crippen LogP contribution in [-0.4, -0.2) is 28.3 Å². The number of nitrogens with zero attached hydrogens (tertiary/aromatic N) is 4. The molecule has 0 amide bonds. The number of furan rings is 1. The van der Waals surface area contributed by atoms with Gasteiger partial charge in [0.1, 0.15) is 5.76 Å². The largest absolute Gasteiger partial charge is 0.467 e. The van der Waals surface area contributed by atoms with E-state index in [1.807, 2.05) is 12.1 Å². The standard InChI is InChI=1S/C14H19N5O/c1-11-4-2-6-19(10-11)14-17-13(9-16-18-14)15-8-12-5-3-7-20-12/h3,5,7,9,11H,2,4,6,8,10H2,1H3,(H,15,17,18). The molecule has 1 saturated heterocycles. The van der Waals surface area contributed by atoms with Gasteiger partial charge in [-0.05, 0) is 30.9 Å². The Morgan fingerprint density at radius 2 is 2.45 bits per heavy atom. The molecule has 1 aliphatic rings. The number of hydrogen-bond acceptors (Lipinski definition) is 6. The second kappa shape index (κ2) is 5.90. The second-order valence-corrected chi connectivity index (χ2v) is 5.27. The van der Waals surface area contributed by atoms with Gasteiger partial charge < -0.3 is 14.6 Å². The number of nitrogens with one attached hydrogen (secondary N) is 1. The molecule has 1 atom stereocenters. The van der Waals surface area contributed by atoms with Gasteiger partial charge in [0, 0.05) is 13.1 Å². The topological polar surface area (TPSA) is 67.1 Å². The van der Waals surface area contributed by atoms with Gasteiger partial charge in [0.05, 0.1) is 19.0 Å². The van der Waals surface area contributed by atoms with Gasteiger partial charge in [-0.15, -0.1) is 5.10 Å². The summed E-state index contributed by atoms with van der Waals surface area (Å²) in [6, 6.07) is 3.80. The molecule has 2 aromatic rings. The van der Waals surface area contributed by atoms with Gasteiger partial charge in [-0.1, -0.05) is 6.92 Å². The van der Waals surface area contributed by atoms with E-state index in [4.69, 9.17) is 4.42 Å². The van der Waals surface area contributed by atoms with Crippen LogP contribution in [0.3, 0.4) is 0 Å². The van der Waals surface area contributed by atoms with Gasteiger partial charge in [0.15, 0.2) is 5.82 Å². The van der Waals surface area contributed by atoms with Crippen molar-refractivity contribution >= 4 is 11.8 Å². The molecule has 0 aliphatic carbocycles. The molecular formula is C14H19N5O. The maximum absolute atomic E-state index is 5.28. The number of aromatic nitrogens is 3. The quantitative estimate of drug-likeness (QED) is 0.922. The molecule has 1 fully saturated rings. The number of piperidine rings is 1. The smallest absolute Gasteiger partial charge is 0.247 e. The average Bonchev–Trinajstić information content (AvgIpc) is 2.99. The Morgan fingerprint density at radius 3 is 3.25 bits per heavy atom. The van der Waals surface area contributed by atoms with E-state index in [1.54, 1.807) is 12.5 Å². The van der Waals surface area contributed by atoms with Crippen LogP contribution in [0.2, 0.25) is 0 Å². The van der Waals surface area contributed by atoms with Crippen molar-refractivity contribution in [2.24, 2.45) is 5.92 Å². The zero-order valence-electron chi connectivity index (χ0n) is 11.6. The minimum absolute atomic E-state index is 0.599. The Hall–Kier alpha value is -2.11. The van der Waals surface area contributed by atoms with Crippen molar-refractivity contribution < 1.29 is 4.42 Å². The van der Waals surface area contributed by atoms with Crippen LogP contribution in [0.4, 0.5) is 11.8 Å². The third kappa shape index (κ3) is 3.07. The molecule has 1 aliphatic heterocycles. The van der Waals surface area contributed by atoms with E-state index in [0.717, 1.165) is 24.7 Å². The molecule has 1 unspecified atom stereocenters. The first-order chi connectivity index (χ1) is 9.81. The maximum Gasteiger partial charge on any atom is 0.247 e. The predicted octanol–water partition coefficient (Wildman–Crippen LogP) is 2.31. The highest BCUT2D eigenvalue weighted by Gasteiger charge is 2.19. The summed E-state index contributed by atoms with van der Waals surface area (Å²) < 4.78 is 5.28. The molecule has 20 heavy (non-hydrogen) atoms. The third-order valence-electron chi connectivity index (χ3n) is 3.51. The molecular weight excluding hydrogens is 254 g/mol. The van der Waals surface area contributed by atoms with E-state index in [2.05, 4.69) is 32.3 Å². The molecule has 3 rings (SSSR count).